The molecule has 39 heavy (non-hydrogen) atoms. The van der Waals surface area contributed by atoms with Crippen molar-refractivity contribution in [2.75, 3.05) is 23.7 Å². The molecule has 3 aromatic heterocycles. The Balaban J connectivity index is 1.57. The van der Waals surface area contributed by atoms with Crippen LogP contribution in [0.3, 0.4) is 0 Å². The number of benzene rings is 1. The highest BCUT2D eigenvalue weighted by Gasteiger charge is 2.38. The van der Waals surface area contributed by atoms with E-state index in [9.17, 15) is 23.5 Å². The van der Waals surface area contributed by atoms with Crippen LogP contribution in [0.4, 0.5) is 24.8 Å². The number of hydrogen-bond donors (Lipinski definition) is 3. The fourth-order valence-corrected chi connectivity index (χ4v) is 4.17. The molecule has 4 heterocycles. The summed E-state index contributed by atoms with van der Waals surface area (Å²) in [5.41, 5.74) is 10.6. The number of fused-ring (bicyclic) bond motifs is 1. The third kappa shape index (κ3) is 4.61. The number of anilines is 2. The second-order valence-corrected chi connectivity index (χ2v) is 8.59. The molecule has 4 aromatic rings. The number of nitrogens with two attached hydrogens (primary N) is 2. The summed E-state index contributed by atoms with van der Waals surface area (Å²) in [6, 6.07) is 9.95. The summed E-state index contributed by atoms with van der Waals surface area (Å²) >= 11 is 0. The quantitative estimate of drug-likeness (QED) is 0.299. The van der Waals surface area contributed by atoms with Gasteiger partial charge in [-0.05, 0) is 11.6 Å². The Hall–Kier alpha value is -4.98. The lowest BCUT2D eigenvalue weighted by molar-refractivity contribution is 0.0695. The van der Waals surface area contributed by atoms with Crippen LogP contribution in [-0.2, 0) is 11.4 Å². The zero-order valence-electron chi connectivity index (χ0n) is 20.0. The number of rotatable bonds is 7. The first-order valence-corrected chi connectivity index (χ1v) is 11.5. The first kappa shape index (κ1) is 25.7. The first-order chi connectivity index (χ1) is 18.7. The second kappa shape index (κ2) is 10.1. The highest BCUT2D eigenvalue weighted by atomic mass is 19.1. The maximum Gasteiger partial charge on any atom is 0.341 e. The molecule has 1 aromatic carbocycles. The molecule has 200 valence electrons. The van der Waals surface area contributed by atoms with Crippen molar-refractivity contribution in [3.05, 3.63) is 87.5 Å². The number of pyridine rings is 3. The Morgan fingerprint density at radius 3 is 2.51 bits per heavy atom. The largest absolute Gasteiger partial charge is 0.477 e. The van der Waals surface area contributed by atoms with Gasteiger partial charge in [-0.25, -0.2) is 27.9 Å². The average Bonchev–Trinajstić information content (AvgIpc) is 2.89. The molecule has 0 aliphatic carbocycles. The van der Waals surface area contributed by atoms with Gasteiger partial charge in [0.05, 0.1) is 18.0 Å². The Morgan fingerprint density at radius 1 is 1.10 bits per heavy atom. The highest BCUT2D eigenvalue weighted by Crippen LogP contribution is 2.29. The van der Waals surface area contributed by atoms with Crippen LogP contribution in [0, 0.1) is 17.5 Å². The Bertz CT molecular complexity index is 1700. The molecular formula is C25H20F3N7O4. The van der Waals surface area contributed by atoms with Crippen molar-refractivity contribution in [3.8, 4) is 5.82 Å². The normalized spacial score (nSPS) is 15.9. The van der Waals surface area contributed by atoms with E-state index in [2.05, 4.69) is 15.1 Å². The molecule has 1 saturated heterocycles. The summed E-state index contributed by atoms with van der Waals surface area (Å²) in [6.07, 6.45) is 0.769. The van der Waals surface area contributed by atoms with Gasteiger partial charge < -0.3 is 26.3 Å². The molecule has 1 aliphatic rings. The molecule has 1 fully saturated rings. The zero-order valence-corrected chi connectivity index (χ0v) is 20.0. The van der Waals surface area contributed by atoms with Gasteiger partial charge in [-0.3, -0.25) is 9.36 Å². The van der Waals surface area contributed by atoms with E-state index in [1.54, 1.807) is 0 Å². The fourth-order valence-electron chi connectivity index (χ4n) is 4.17. The molecule has 0 bridgehead atoms. The maximum absolute atomic E-state index is 15.3. The average molecular weight is 539 g/mol. The van der Waals surface area contributed by atoms with Crippen LogP contribution in [0.1, 0.15) is 15.9 Å². The molecule has 0 unspecified atom stereocenters. The van der Waals surface area contributed by atoms with Crippen molar-refractivity contribution in [3.63, 3.8) is 0 Å². The minimum atomic E-state index is -1.65. The minimum absolute atomic E-state index is 0.0160. The van der Waals surface area contributed by atoms with Crippen molar-refractivity contribution in [1.82, 2.24) is 14.5 Å². The second-order valence-electron chi connectivity index (χ2n) is 8.59. The van der Waals surface area contributed by atoms with Gasteiger partial charge in [-0.1, -0.05) is 35.5 Å². The van der Waals surface area contributed by atoms with E-state index < -0.39 is 57.5 Å². The zero-order chi connectivity index (χ0) is 27.8. The summed E-state index contributed by atoms with van der Waals surface area (Å²) in [5.74, 6) is -6.55. The summed E-state index contributed by atoms with van der Waals surface area (Å²) in [4.78, 5) is 39.2. The van der Waals surface area contributed by atoms with E-state index in [0.29, 0.717) is 11.8 Å². The number of oxime groups is 1. The van der Waals surface area contributed by atoms with Gasteiger partial charge in [0, 0.05) is 18.8 Å². The summed E-state index contributed by atoms with van der Waals surface area (Å²) in [6.45, 7) is 0.309. The van der Waals surface area contributed by atoms with Crippen molar-refractivity contribution >= 4 is 34.4 Å². The van der Waals surface area contributed by atoms with Crippen LogP contribution in [0.15, 0.2) is 58.6 Å². The molecule has 1 atom stereocenters. The van der Waals surface area contributed by atoms with Crippen molar-refractivity contribution in [2.45, 2.75) is 12.6 Å². The smallest absolute Gasteiger partial charge is 0.341 e. The first-order valence-electron chi connectivity index (χ1n) is 11.5. The summed E-state index contributed by atoms with van der Waals surface area (Å²) in [7, 11) is 0. The summed E-state index contributed by atoms with van der Waals surface area (Å²) in [5, 5.41) is 13.1. The minimum Gasteiger partial charge on any atom is -0.477 e. The van der Waals surface area contributed by atoms with Crippen molar-refractivity contribution < 1.29 is 27.9 Å². The van der Waals surface area contributed by atoms with E-state index in [-0.39, 0.29) is 31.2 Å². The number of nitrogen functional groups attached to an aromatic ring is 1. The lowest BCUT2D eigenvalue weighted by Crippen LogP contribution is -2.61. The number of aromatic nitrogens is 3. The van der Waals surface area contributed by atoms with Gasteiger partial charge in [0.1, 0.15) is 17.9 Å². The number of nitrogens with zero attached hydrogens (tertiary/aromatic N) is 5. The molecule has 0 radical (unpaired) electrons. The number of aromatic carboxylic acids is 1. The molecule has 14 heteroatoms. The third-order valence-electron chi connectivity index (χ3n) is 6.15. The number of carbonyl (C=O) groups is 1. The van der Waals surface area contributed by atoms with Crippen LogP contribution in [0.25, 0.3) is 16.9 Å². The summed E-state index contributed by atoms with van der Waals surface area (Å²) < 4.78 is 44.6. The van der Waals surface area contributed by atoms with Crippen LogP contribution >= 0.6 is 0 Å². The van der Waals surface area contributed by atoms with Crippen LogP contribution < -0.4 is 21.8 Å². The molecular weight excluding hydrogens is 519 g/mol. The molecule has 0 spiro atoms. The molecule has 11 nitrogen and oxygen atoms in total. The number of hydrogen-bond acceptors (Lipinski definition) is 9. The van der Waals surface area contributed by atoms with Crippen molar-refractivity contribution in [2.24, 2.45) is 10.9 Å². The lowest BCUT2D eigenvalue weighted by atomic mass is 10.0. The lowest BCUT2D eigenvalue weighted by Gasteiger charge is -2.42. The number of halogens is 3. The maximum atomic E-state index is 15.3. The van der Waals surface area contributed by atoms with Crippen LogP contribution in [-0.4, -0.2) is 50.5 Å². The SMILES string of the molecule is NC[C@H]1/C(=N/OCc2ccccc2)CN1c1nc2c(cc1F)c(=O)c(C(=O)O)cn2-c1nc(N)c(F)cc1F. The van der Waals surface area contributed by atoms with Gasteiger partial charge in [0.25, 0.3) is 0 Å². The van der Waals surface area contributed by atoms with E-state index in [1.807, 2.05) is 30.3 Å². The van der Waals surface area contributed by atoms with E-state index >= 15 is 4.39 Å². The van der Waals surface area contributed by atoms with Gasteiger partial charge in [0.2, 0.25) is 5.43 Å². The molecule has 0 amide bonds. The van der Waals surface area contributed by atoms with E-state index in [0.717, 1.165) is 22.4 Å². The van der Waals surface area contributed by atoms with Crippen molar-refractivity contribution in [1.29, 1.82) is 0 Å². The predicted octanol–water partition coefficient (Wildman–Crippen LogP) is 2.20. The number of carboxylic acid groups (broad SMARTS) is 1. The molecule has 1 aliphatic heterocycles. The predicted molar refractivity (Wildman–Crippen MR) is 135 cm³/mol. The Morgan fingerprint density at radius 2 is 1.82 bits per heavy atom. The van der Waals surface area contributed by atoms with E-state index in [4.69, 9.17) is 16.3 Å². The van der Waals surface area contributed by atoms with Gasteiger partial charge in [-0.15, -0.1) is 0 Å². The van der Waals surface area contributed by atoms with E-state index in [1.165, 1.54) is 4.90 Å². The Kier molecular flexibility index (Phi) is 6.62. The molecule has 0 saturated carbocycles. The van der Waals surface area contributed by atoms with Crippen LogP contribution in [0.2, 0.25) is 0 Å². The fraction of sp³-hybridized carbons (Fsp3) is 0.160. The molecule has 5 N–H and O–H groups in total. The molecule has 5 rings (SSSR count). The standard InChI is InChI=1S/C25H20F3N7O4/c26-15-7-17(28)23(31-21(15)30)35-9-14(25(37)38)20(36)13-6-16(27)24(32-22(13)35)34-10-18(19(34)8-29)33-39-11-12-4-2-1-3-5-12/h1-7,9,19H,8,10-11,29H2,(H2,30,31)(H,37,38)/b33-18+/t19-/m0/s1. The highest BCUT2D eigenvalue weighted by molar-refractivity contribution is 6.03. The van der Waals surface area contributed by atoms with Gasteiger partial charge >= 0.3 is 5.97 Å². The Labute approximate surface area is 217 Å². The monoisotopic (exact) mass is 539 g/mol. The number of carboxylic acids is 1. The van der Waals surface area contributed by atoms with Gasteiger partial charge in [0.15, 0.2) is 40.6 Å². The van der Waals surface area contributed by atoms with Gasteiger partial charge in [-0.2, -0.15) is 0 Å². The van der Waals surface area contributed by atoms with Crippen LogP contribution in [0.5, 0.6) is 0 Å². The third-order valence-corrected chi connectivity index (χ3v) is 6.15. The topological polar surface area (TPSA) is 162 Å².